The molecule has 0 unspecified atom stereocenters. The van der Waals surface area contributed by atoms with Crippen molar-refractivity contribution in [3.63, 3.8) is 0 Å². The molecule has 5 N–H and O–H groups in total. The van der Waals surface area contributed by atoms with Gasteiger partial charge < -0.3 is 21.3 Å². The smallest absolute Gasteiger partial charge is 0.326 e. The SMILES string of the molecule is CC(C)CNC1CCC(Nc2nc(NC3CC3)n3ncc(/C=C4\NC(=O)NC4=O)c3n2)CC1. The first-order valence-electron chi connectivity index (χ1n) is 11.8. The summed E-state index contributed by atoms with van der Waals surface area (Å²) < 4.78 is 1.65. The maximum absolute atomic E-state index is 12.0. The Morgan fingerprint density at radius 3 is 2.39 bits per heavy atom. The number of nitrogens with zero attached hydrogens (tertiary/aromatic N) is 4. The molecule has 1 aliphatic heterocycles. The Bertz CT molecular complexity index is 1080. The van der Waals surface area contributed by atoms with E-state index in [-0.39, 0.29) is 5.70 Å². The number of hydrogen-bond donors (Lipinski definition) is 5. The highest BCUT2D eigenvalue weighted by atomic mass is 16.2. The van der Waals surface area contributed by atoms with Gasteiger partial charge in [-0.2, -0.15) is 19.6 Å². The molecular formula is C22H31N9O2. The third-order valence-electron chi connectivity index (χ3n) is 6.20. The van der Waals surface area contributed by atoms with Crippen LogP contribution in [0.25, 0.3) is 11.7 Å². The van der Waals surface area contributed by atoms with Gasteiger partial charge in [0.1, 0.15) is 5.70 Å². The maximum Gasteiger partial charge on any atom is 0.326 e. The molecule has 2 aromatic heterocycles. The van der Waals surface area contributed by atoms with E-state index in [1.807, 2.05) is 0 Å². The minimum absolute atomic E-state index is 0.173. The Morgan fingerprint density at radius 1 is 1.03 bits per heavy atom. The molecule has 0 bridgehead atoms. The van der Waals surface area contributed by atoms with E-state index in [0.29, 0.717) is 47.2 Å². The standard InChI is InChI=1S/C22H31N9O2/c1-12(2)10-23-14-3-5-15(6-4-14)25-20-28-18-13(9-17-19(32)29-22(33)27-17)11-24-31(18)21(30-20)26-16-7-8-16/h9,11-12,14-16,23H,3-8,10H2,1-2H3,(H2,25,26,28,30)(H2,27,29,32,33)/b17-9-. The van der Waals surface area contributed by atoms with Crippen molar-refractivity contribution in [3.05, 3.63) is 17.5 Å². The number of nitrogens with one attached hydrogen (secondary N) is 5. The molecule has 2 aliphatic carbocycles. The molecule has 3 fully saturated rings. The lowest BCUT2D eigenvalue weighted by molar-refractivity contribution is -0.115. The van der Waals surface area contributed by atoms with Gasteiger partial charge in [-0.25, -0.2) is 4.79 Å². The number of fused-ring (bicyclic) bond motifs is 1. The lowest BCUT2D eigenvalue weighted by atomic mass is 9.91. The van der Waals surface area contributed by atoms with Gasteiger partial charge >= 0.3 is 6.03 Å². The van der Waals surface area contributed by atoms with E-state index in [9.17, 15) is 9.59 Å². The molecule has 11 heteroatoms. The van der Waals surface area contributed by atoms with Crippen LogP contribution >= 0.6 is 0 Å². The predicted molar refractivity (Wildman–Crippen MR) is 125 cm³/mol. The first-order chi connectivity index (χ1) is 15.9. The number of anilines is 2. The van der Waals surface area contributed by atoms with E-state index in [0.717, 1.165) is 45.1 Å². The molecule has 0 spiro atoms. The molecule has 3 heterocycles. The molecule has 5 rings (SSSR count). The Balaban J connectivity index is 1.36. The van der Waals surface area contributed by atoms with E-state index in [1.165, 1.54) is 0 Å². The van der Waals surface area contributed by atoms with Crippen molar-refractivity contribution in [2.45, 2.75) is 70.5 Å². The van der Waals surface area contributed by atoms with Gasteiger partial charge in [-0.3, -0.25) is 10.1 Å². The largest absolute Gasteiger partial charge is 0.351 e. The second-order valence-corrected chi connectivity index (χ2v) is 9.59. The van der Waals surface area contributed by atoms with Crippen molar-refractivity contribution in [2.75, 3.05) is 17.2 Å². The van der Waals surface area contributed by atoms with Crippen LogP contribution in [0.5, 0.6) is 0 Å². The molecule has 3 amide bonds. The van der Waals surface area contributed by atoms with Gasteiger partial charge in [-0.1, -0.05) is 13.8 Å². The Hall–Kier alpha value is -3.21. The van der Waals surface area contributed by atoms with E-state index in [1.54, 1.807) is 16.8 Å². The fourth-order valence-corrected chi connectivity index (χ4v) is 4.23. The van der Waals surface area contributed by atoms with Crippen LogP contribution in [0.15, 0.2) is 11.9 Å². The summed E-state index contributed by atoms with van der Waals surface area (Å²) in [5.74, 6) is 1.36. The number of carbonyl (C=O) groups is 2. The highest BCUT2D eigenvalue weighted by Gasteiger charge is 2.27. The van der Waals surface area contributed by atoms with Gasteiger partial charge in [0.05, 0.1) is 6.20 Å². The van der Waals surface area contributed by atoms with Gasteiger partial charge in [0.2, 0.25) is 11.9 Å². The van der Waals surface area contributed by atoms with Gasteiger partial charge in [-0.05, 0) is 57.1 Å². The van der Waals surface area contributed by atoms with Crippen molar-refractivity contribution in [1.29, 1.82) is 0 Å². The number of rotatable bonds is 8. The molecule has 0 aromatic carbocycles. The number of amides is 3. The molecular weight excluding hydrogens is 422 g/mol. The fraction of sp³-hybridized carbons (Fsp3) is 0.591. The van der Waals surface area contributed by atoms with Crippen LogP contribution in [0.1, 0.15) is 57.9 Å². The predicted octanol–water partition coefficient (Wildman–Crippen LogP) is 1.85. The van der Waals surface area contributed by atoms with E-state index < -0.39 is 11.9 Å². The fourth-order valence-electron chi connectivity index (χ4n) is 4.23. The normalized spacial score (nSPS) is 24.4. The molecule has 1 saturated heterocycles. The zero-order valence-corrected chi connectivity index (χ0v) is 19.0. The highest BCUT2D eigenvalue weighted by molar-refractivity contribution is 6.14. The highest BCUT2D eigenvalue weighted by Crippen LogP contribution is 2.27. The summed E-state index contributed by atoms with van der Waals surface area (Å²) in [4.78, 5) is 32.8. The quantitative estimate of drug-likeness (QED) is 0.302. The van der Waals surface area contributed by atoms with Crippen LogP contribution in [0.4, 0.5) is 16.7 Å². The first kappa shape index (κ1) is 21.6. The zero-order chi connectivity index (χ0) is 22.9. The van der Waals surface area contributed by atoms with Crippen molar-refractivity contribution in [3.8, 4) is 0 Å². The van der Waals surface area contributed by atoms with Crippen molar-refractivity contribution in [1.82, 2.24) is 35.5 Å². The molecule has 3 aliphatic rings. The summed E-state index contributed by atoms with van der Waals surface area (Å²) in [6.45, 7) is 5.51. The molecule has 2 saturated carbocycles. The van der Waals surface area contributed by atoms with Crippen LogP contribution in [-0.4, -0.2) is 56.2 Å². The van der Waals surface area contributed by atoms with Gasteiger partial charge in [0.15, 0.2) is 5.65 Å². The minimum Gasteiger partial charge on any atom is -0.351 e. The Kier molecular flexibility index (Phi) is 5.88. The molecule has 176 valence electrons. The van der Waals surface area contributed by atoms with Crippen molar-refractivity contribution < 1.29 is 9.59 Å². The lowest BCUT2D eigenvalue weighted by Crippen LogP contribution is -2.38. The molecule has 2 aromatic rings. The van der Waals surface area contributed by atoms with Crippen molar-refractivity contribution in [2.24, 2.45) is 5.92 Å². The first-order valence-corrected chi connectivity index (χ1v) is 11.8. The Labute approximate surface area is 192 Å². The average molecular weight is 454 g/mol. The number of aromatic nitrogens is 4. The summed E-state index contributed by atoms with van der Waals surface area (Å²) in [6, 6.07) is 0.739. The summed E-state index contributed by atoms with van der Waals surface area (Å²) in [5.41, 5.74) is 1.38. The third-order valence-corrected chi connectivity index (χ3v) is 6.20. The van der Waals surface area contributed by atoms with Gasteiger partial charge in [0, 0.05) is 23.7 Å². The summed E-state index contributed by atoms with van der Waals surface area (Å²) in [6.07, 6.45) is 9.78. The van der Waals surface area contributed by atoms with Crippen LogP contribution in [0.2, 0.25) is 0 Å². The lowest BCUT2D eigenvalue weighted by Gasteiger charge is -2.30. The Morgan fingerprint density at radius 2 is 1.73 bits per heavy atom. The van der Waals surface area contributed by atoms with Gasteiger partial charge in [-0.15, -0.1) is 0 Å². The molecule has 11 nitrogen and oxygen atoms in total. The number of urea groups is 1. The molecule has 0 radical (unpaired) electrons. The van der Waals surface area contributed by atoms with E-state index in [2.05, 4.69) is 45.5 Å². The van der Waals surface area contributed by atoms with Crippen LogP contribution in [-0.2, 0) is 4.79 Å². The van der Waals surface area contributed by atoms with E-state index >= 15 is 0 Å². The second-order valence-electron chi connectivity index (χ2n) is 9.59. The maximum atomic E-state index is 12.0. The summed E-state index contributed by atoms with van der Waals surface area (Å²) in [5, 5.41) is 19.7. The number of hydrogen-bond acceptors (Lipinski definition) is 8. The summed E-state index contributed by atoms with van der Waals surface area (Å²) in [7, 11) is 0. The average Bonchev–Trinajstić information content (AvgIpc) is 3.42. The molecule has 0 atom stereocenters. The van der Waals surface area contributed by atoms with Crippen LogP contribution in [0, 0.1) is 5.92 Å². The van der Waals surface area contributed by atoms with Crippen molar-refractivity contribution >= 4 is 35.6 Å². The number of carbonyl (C=O) groups excluding carboxylic acids is 2. The third kappa shape index (κ3) is 5.08. The zero-order valence-electron chi connectivity index (χ0n) is 19.0. The minimum atomic E-state index is -0.533. The number of imide groups is 1. The van der Waals surface area contributed by atoms with E-state index in [4.69, 9.17) is 9.97 Å². The van der Waals surface area contributed by atoms with Crippen LogP contribution in [0.3, 0.4) is 0 Å². The topological polar surface area (TPSA) is 137 Å². The summed E-state index contributed by atoms with van der Waals surface area (Å²) >= 11 is 0. The monoisotopic (exact) mass is 453 g/mol. The molecule has 33 heavy (non-hydrogen) atoms. The van der Waals surface area contributed by atoms with Crippen LogP contribution < -0.4 is 26.6 Å². The van der Waals surface area contributed by atoms with Gasteiger partial charge in [0.25, 0.3) is 5.91 Å². The second kappa shape index (κ2) is 8.97.